The van der Waals surface area contributed by atoms with E-state index in [2.05, 4.69) is 21.7 Å². The molecule has 0 saturated carbocycles. The van der Waals surface area contributed by atoms with Crippen LogP contribution in [0.2, 0.25) is 0 Å². The number of carbonyl (C=O) groups is 1. The van der Waals surface area contributed by atoms with E-state index in [1.165, 1.54) is 17.5 Å². The molecule has 0 saturated heterocycles. The maximum atomic E-state index is 10.8. The van der Waals surface area contributed by atoms with E-state index in [9.17, 15) is 4.79 Å². The minimum atomic E-state index is -0.905. The SMILES string of the molecule is CCN(CCCN(C)C)c1ncc(C(=O)O)s1. The Morgan fingerprint density at radius 3 is 2.65 bits per heavy atom. The summed E-state index contributed by atoms with van der Waals surface area (Å²) < 4.78 is 0. The number of nitrogens with zero attached hydrogens (tertiary/aromatic N) is 3. The van der Waals surface area contributed by atoms with Gasteiger partial charge in [-0.25, -0.2) is 9.78 Å². The predicted octanol–water partition coefficient (Wildman–Crippen LogP) is 1.62. The summed E-state index contributed by atoms with van der Waals surface area (Å²) in [6.45, 7) is 4.83. The lowest BCUT2D eigenvalue weighted by atomic mass is 10.4. The quantitative estimate of drug-likeness (QED) is 0.804. The number of aromatic nitrogens is 1. The van der Waals surface area contributed by atoms with Crippen molar-refractivity contribution < 1.29 is 9.90 Å². The van der Waals surface area contributed by atoms with Crippen LogP contribution in [0.3, 0.4) is 0 Å². The zero-order valence-corrected chi connectivity index (χ0v) is 11.3. The second-order valence-electron chi connectivity index (χ2n) is 4.05. The third-order valence-corrected chi connectivity index (χ3v) is 3.44. The predicted molar refractivity (Wildman–Crippen MR) is 70.1 cm³/mol. The van der Waals surface area contributed by atoms with Crippen molar-refractivity contribution in [2.24, 2.45) is 0 Å². The van der Waals surface area contributed by atoms with Crippen LogP contribution in [0.25, 0.3) is 0 Å². The van der Waals surface area contributed by atoms with Gasteiger partial charge in [0.2, 0.25) is 0 Å². The van der Waals surface area contributed by atoms with Gasteiger partial charge >= 0.3 is 5.97 Å². The molecule has 0 unspecified atom stereocenters. The topological polar surface area (TPSA) is 56.7 Å². The van der Waals surface area contributed by atoms with Crippen molar-refractivity contribution in [2.45, 2.75) is 13.3 Å². The Balaban J connectivity index is 2.56. The molecule has 0 atom stereocenters. The second kappa shape index (κ2) is 6.56. The largest absolute Gasteiger partial charge is 0.477 e. The maximum absolute atomic E-state index is 10.8. The Bertz CT molecular complexity index is 365. The minimum absolute atomic E-state index is 0.297. The number of carboxylic acids is 1. The zero-order valence-electron chi connectivity index (χ0n) is 10.5. The molecular formula is C11H19N3O2S. The highest BCUT2D eigenvalue weighted by atomic mass is 32.1. The minimum Gasteiger partial charge on any atom is -0.477 e. The number of anilines is 1. The van der Waals surface area contributed by atoms with E-state index in [0.717, 1.165) is 31.2 Å². The monoisotopic (exact) mass is 257 g/mol. The van der Waals surface area contributed by atoms with Gasteiger partial charge in [0.1, 0.15) is 4.88 Å². The van der Waals surface area contributed by atoms with Gasteiger partial charge in [0, 0.05) is 13.1 Å². The van der Waals surface area contributed by atoms with Gasteiger partial charge in [-0.1, -0.05) is 11.3 Å². The molecule has 1 heterocycles. The molecule has 1 aromatic rings. The van der Waals surface area contributed by atoms with Crippen LogP contribution in [0.4, 0.5) is 5.13 Å². The standard InChI is InChI=1S/C11H19N3O2S/c1-4-14(7-5-6-13(2)3)11-12-8-9(17-11)10(15)16/h8H,4-7H2,1-3H3,(H,15,16). The molecule has 0 aliphatic rings. The van der Waals surface area contributed by atoms with Crippen LogP contribution in [0, 0.1) is 0 Å². The van der Waals surface area contributed by atoms with E-state index in [4.69, 9.17) is 5.11 Å². The zero-order chi connectivity index (χ0) is 12.8. The van der Waals surface area contributed by atoms with Crippen LogP contribution in [-0.4, -0.2) is 54.7 Å². The molecule has 0 bridgehead atoms. The van der Waals surface area contributed by atoms with Crippen LogP contribution in [0.15, 0.2) is 6.20 Å². The van der Waals surface area contributed by atoms with Gasteiger partial charge < -0.3 is 14.9 Å². The number of hydrogen-bond acceptors (Lipinski definition) is 5. The Morgan fingerprint density at radius 2 is 2.18 bits per heavy atom. The fourth-order valence-electron chi connectivity index (χ4n) is 1.48. The molecule has 96 valence electrons. The van der Waals surface area contributed by atoms with Crippen molar-refractivity contribution in [1.82, 2.24) is 9.88 Å². The molecule has 1 N–H and O–H groups in total. The smallest absolute Gasteiger partial charge is 0.347 e. The molecule has 17 heavy (non-hydrogen) atoms. The maximum Gasteiger partial charge on any atom is 0.347 e. The lowest BCUT2D eigenvalue weighted by molar-refractivity contribution is 0.0702. The van der Waals surface area contributed by atoms with Gasteiger partial charge in [-0.05, 0) is 34.0 Å². The van der Waals surface area contributed by atoms with Gasteiger partial charge in [0.05, 0.1) is 6.20 Å². The number of carboxylic acid groups (broad SMARTS) is 1. The number of aromatic carboxylic acids is 1. The molecule has 1 rings (SSSR count). The van der Waals surface area contributed by atoms with Crippen LogP contribution in [0.1, 0.15) is 23.0 Å². The van der Waals surface area contributed by atoms with E-state index in [0.29, 0.717) is 4.88 Å². The second-order valence-corrected chi connectivity index (χ2v) is 5.06. The van der Waals surface area contributed by atoms with E-state index in [-0.39, 0.29) is 0 Å². The van der Waals surface area contributed by atoms with Crippen molar-refractivity contribution >= 4 is 22.4 Å². The molecule has 0 aliphatic carbocycles. The highest BCUT2D eigenvalue weighted by Crippen LogP contribution is 2.22. The van der Waals surface area contributed by atoms with Gasteiger partial charge in [-0.3, -0.25) is 0 Å². The van der Waals surface area contributed by atoms with Gasteiger partial charge in [-0.2, -0.15) is 0 Å². The fraction of sp³-hybridized carbons (Fsp3) is 0.636. The van der Waals surface area contributed by atoms with Crippen LogP contribution >= 0.6 is 11.3 Å². The van der Waals surface area contributed by atoms with E-state index in [1.807, 2.05) is 14.1 Å². The Kier molecular flexibility index (Phi) is 5.37. The Labute approximate surface area is 106 Å². The summed E-state index contributed by atoms with van der Waals surface area (Å²) in [5.41, 5.74) is 0. The van der Waals surface area contributed by atoms with Gasteiger partial charge in [0.15, 0.2) is 5.13 Å². The third-order valence-electron chi connectivity index (χ3n) is 2.39. The summed E-state index contributed by atoms with van der Waals surface area (Å²) in [7, 11) is 4.09. The first-order valence-electron chi connectivity index (χ1n) is 5.63. The lowest BCUT2D eigenvalue weighted by Gasteiger charge is -2.20. The average molecular weight is 257 g/mol. The van der Waals surface area contributed by atoms with Gasteiger partial charge in [0.25, 0.3) is 0 Å². The normalized spacial score (nSPS) is 10.8. The Hall–Kier alpha value is -1.14. The average Bonchev–Trinajstić information content (AvgIpc) is 2.73. The van der Waals surface area contributed by atoms with Crippen molar-refractivity contribution in [3.05, 3.63) is 11.1 Å². The summed E-state index contributed by atoms with van der Waals surface area (Å²) in [4.78, 5) is 19.5. The first-order valence-corrected chi connectivity index (χ1v) is 6.45. The van der Waals surface area contributed by atoms with E-state index >= 15 is 0 Å². The highest BCUT2D eigenvalue weighted by Gasteiger charge is 2.12. The van der Waals surface area contributed by atoms with Crippen LogP contribution < -0.4 is 4.90 Å². The molecule has 1 aromatic heterocycles. The Morgan fingerprint density at radius 1 is 1.47 bits per heavy atom. The van der Waals surface area contributed by atoms with Crippen molar-refractivity contribution in [3.8, 4) is 0 Å². The number of hydrogen-bond donors (Lipinski definition) is 1. The lowest BCUT2D eigenvalue weighted by Crippen LogP contribution is -2.26. The molecular weight excluding hydrogens is 238 g/mol. The fourth-order valence-corrected chi connectivity index (χ4v) is 2.32. The summed E-state index contributed by atoms with van der Waals surface area (Å²) in [6, 6.07) is 0. The molecule has 5 nitrogen and oxygen atoms in total. The summed E-state index contributed by atoms with van der Waals surface area (Å²) in [5, 5.41) is 9.64. The summed E-state index contributed by atoms with van der Waals surface area (Å²) in [5.74, 6) is -0.905. The molecule has 0 amide bonds. The molecule has 0 aliphatic heterocycles. The van der Waals surface area contributed by atoms with Crippen molar-refractivity contribution in [2.75, 3.05) is 38.6 Å². The first kappa shape index (κ1) is 13.9. The summed E-state index contributed by atoms with van der Waals surface area (Å²) in [6.07, 6.45) is 2.47. The van der Waals surface area contributed by atoms with Crippen LogP contribution in [-0.2, 0) is 0 Å². The van der Waals surface area contributed by atoms with E-state index in [1.54, 1.807) is 0 Å². The number of thiazole rings is 1. The van der Waals surface area contributed by atoms with Gasteiger partial charge in [-0.15, -0.1) is 0 Å². The molecule has 6 heteroatoms. The third kappa shape index (κ3) is 4.32. The first-order chi connectivity index (χ1) is 8.04. The number of rotatable bonds is 7. The van der Waals surface area contributed by atoms with Crippen molar-refractivity contribution in [1.29, 1.82) is 0 Å². The van der Waals surface area contributed by atoms with Crippen LogP contribution in [0.5, 0.6) is 0 Å². The molecule has 0 spiro atoms. The van der Waals surface area contributed by atoms with E-state index < -0.39 is 5.97 Å². The summed E-state index contributed by atoms with van der Waals surface area (Å²) >= 11 is 1.23. The molecule has 0 fully saturated rings. The highest BCUT2D eigenvalue weighted by molar-refractivity contribution is 7.17. The molecule has 0 aromatic carbocycles. The van der Waals surface area contributed by atoms with Crippen molar-refractivity contribution in [3.63, 3.8) is 0 Å². The molecule has 0 radical (unpaired) electrons.